The molecule has 1 fully saturated rings. The summed E-state index contributed by atoms with van der Waals surface area (Å²) < 4.78 is 20.7. The molecule has 0 saturated heterocycles. The smallest absolute Gasteiger partial charge is 0.273 e. The molecule has 3 amide bonds. The van der Waals surface area contributed by atoms with Crippen molar-refractivity contribution < 1.29 is 28.6 Å². The van der Waals surface area contributed by atoms with E-state index in [1.807, 2.05) is 19.1 Å². The van der Waals surface area contributed by atoms with Crippen LogP contribution in [-0.4, -0.2) is 49.5 Å². The highest BCUT2D eigenvalue weighted by atomic mass is 32.1. The summed E-state index contributed by atoms with van der Waals surface area (Å²) in [6.07, 6.45) is 5.61. The largest absolute Gasteiger partial charge is 0.493 e. The van der Waals surface area contributed by atoms with E-state index in [4.69, 9.17) is 25.7 Å². The molecule has 4 rings (SSSR count). The zero-order valence-electron chi connectivity index (χ0n) is 24.3. The topological polar surface area (TPSA) is 159 Å². The molecule has 0 unspecified atom stereocenters. The van der Waals surface area contributed by atoms with Crippen LogP contribution in [0.2, 0.25) is 0 Å². The Morgan fingerprint density at radius 1 is 1.02 bits per heavy atom. The first kappa shape index (κ1) is 30.6. The number of carbonyl (C=O) groups excluding carboxylic acids is 3. The van der Waals surface area contributed by atoms with Crippen LogP contribution in [0.1, 0.15) is 76.4 Å². The number of nitrogen functional groups attached to an aromatic ring is 1. The summed E-state index contributed by atoms with van der Waals surface area (Å²) in [7, 11) is 4.45. The summed E-state index contributed by atoms with van der Waals surface area (Å²) in [4.78, 5) is 42.0. The number of amides is 3. The number of carbonyl (C=O) groups is 3. The predicted molar refractivity (Wildman–Crippen MR) is 162 cm³/mol. The molecular formula is C30H37N5O6S. The predicted octanol–water partition coefficient (Wildman–Crippen LogP) is 4.25. The van der Waals surface area contributed by atoms with E-state index in [0.717, 1.165) is 55.6 Å². The zero-order chi connectivity index (χ0) is 30.4. The Kier molecular flexibility index (Phi) is 9.89. The molecule has 3 aromatic rings. The van der Waals surface area contributed by atoms with Gasteiger partial charge >= 0.3 is 0 Å². The number of aryl methyl sites for hydroxylation is 1. The number of rotatable bonds is 11. The monoisotopic (exact) mass is 595 g/mol. The lowest BCUT2D eigenvalue weighted by Gasteiger charge is -2.33. The van der Waals surface area contributed by atoms with Gasteiger partial charge in [0.15, 0.2) is 17.2 Å². The lowest BCUT2D eigenvalue weighted by molar-refractivity contribution is -0.123. The Morgan fingerprint density at radius 3 is 2.14 bits per heavy atom. The first-order chi connectivity index (χ1) is 20.2. The summed E-state index contributed by atoms with van der Waals surface area (Å²) in [5.41, 5.74) is 13.2. The van der Waals surface area contributed by atoms with Gasteiger partial charge in [0, 0.05) is 11.7 Å². The molecule has 42 heavy (non-hydrogen) atoms. The number of methoxy groups -OCH3 is 3. The van der Waals surface area contributed by atoms with Gasteiger partial charge in [-0.25, -0.2) is 0 Å². The third-order valence-electron chi connectivity index (χ3n) is 7.46. The summed E-state index contributed by atoms with van der Waals surface area (Å²) in [5.74, 6) is -0.855. The number of hydrogen-bond acceptors (Lipinski definition) is 9. The summed E-state index contributed by atoms with van der Waals surface area (Å²) >= 11 is 0.756. The average molecular weight is 596 g/mol. The second kappa shape index (κ2) is 13.6. The van der Waals surface area contributed by atoms with E-state index in [2.05, 4.69) is 9.69 Å². The van der Waals surface area contributed by atoms with E-state index in [9.17, 15) is 14.4 Å². The van der Waals surface area contributed by atoms with Gasteiger partial charge in [0.2, 0.25) is 11.7 Å². The molecule has 1 saturated carbocycles. The minimum atomic E-state index is -1.18. The molecule has 1 aromatic heterocycles. The summed E-state index contributed by atoms with van der Waals surface area (Å²) in [6, 6.07) is 9.43. The van der Waals surface area contributed by atoms with Crippen LogP contribution in [0.4, 0.5) is 11.4 Å². The highest BCUT2D eigenvalue weighted by Crippen LogP contribution is 2.42. The maximum atomic E-state index is 14.4. The number of aromatic nitrogens is 1. The number of hydrogen-bond donors (Lipinski definition) is 3. The molecule has 0 aliphatic heterocycles. The number of benzene rings is 2. The van der Waals surface area contributed by atoms with Crippen LogP contribution >= 0.6 is 11.5 Å². The van der Waals surface area contributed by atoms with Crippen molar-refractivity contribution in [3.8, 4) is 17.2 Å². The molecule has 11 nitrogen and oxygen atoms in total. The first-order valence-corrected chi connectivity index (χ1v) is 14.6. The Morgan fingerprint density at radius 2 is 1.64 bits per heavy atom. The first-order valence-electron chi connectivity index (χ1n) is 13.8. The highest BCUT2D eigenvalue weighted by molar-refractivity contribution is 7.09. The van der Waals surface area contributed by atoms with Gasteiger partial charge in [0.05, 0.1) is 27.0 Å². The third kappa shape index (κ3) is 6.28. The van der Waals surface area contributed by atoms with Crippen LogP contribution in [0.5, 0.6) is 17.2 Å². The normalized spacial score (nSPS) is 14.1. The van der Waals surface area contributed by atoms with Crippen LogP contribution in [0.15, 0.2) is 36.4 Å². The fraction of sp³-hybridized carbons (Fsp3) is 0.400. The van der Waals surface area contributed by atoms with Gasteiger partial charge in [0.25, 0.3) is 11.8 Å². The van der Waals surface area contributed by atoms with Crippen molar-refractivity contribution in [2.75, 3.05) is 32.0 Å². The summed E-state index contributed by atoms with van der Waals surface area (Å²) in [5, 5.41) is 3.17. The number of nitrogens with one attached hydrogen (secondary N) is 1. The Balaban J connectivity index is 1.94. The second-order valence-corrected chi connectivity index (χ2v) is 10.8. The van der Waals surface area contributed by atoms with Crippen LogP contribution < -0.4 is 35.9 Å². The lowest BCUT2D eigenvalue weighted by atomic mass is 9.94. The number of nitrogens with two attached hydrogens (primary N) is 2. The van der Waals surface area contributed by atoms with Gasteiger partial charge in [0.1, 0.15) is 10.9 Å². The quantitative estimate of drug-likeness (QED) is 0.297. The minimum absolute atomic E-state index is 0.00808. The molecule has 12 heteroatoms. The second-order valence-electron chi connectivity index (χ2n) is 10.0. The van der Waals surface area contributed by atoms with Crippen molar-refractivity contribution in [3.05, 3.63) is 58.1 Å². The summed E-state index contributed by atoms with van der Waals surface area (Å²) in [6.45, 7) is 2.03. The highest BCUT2D eigenvalue weighted by Gasteiger charge is 2.38. The van der Waals surface area contributed by atoms with Gasteiger partial charge in [-0.15, -0.1) is 0 Å². The number of anilines is 2. The Labute approximate surface area is 249 Å². The van der Waals surface area contributed by atoms with E-state index < -0.39 is 17.9 Å². The number of primary amides is 1. The van der Waals surface area contributed by atoms with Crippen LogP contribution in [-0.2, 0) is 11.2 Å². The van der Waals surface area contributed by atoms with Gasteiger partial charge in [-0.3, -0.25) is 19.3 Å². The molecule has 0 spiro atoms. The van der Waals surface area contributed by atoms with Gasteiger partial charge < -0.3 is 31.0 Å². The molecule has 1 aliphatic carbocycles. The fourth-order valence-electron chi connectivity index (χ4n) is 5.22. The van der Waals surface area contributed by atoms with Crippen molar-refractivity contribution in [1.29, 1.82) is 0 Å². The maximum Gasteiger partial charge on any atom is 0.273 e. The molecule has 0 radical (unpaired) electrons. The van der Waals surface area contributed by atoms with Crippen molar-refractivity contribution >= 4 is 40.6 Å². The van der Waals surface area contributed by atoms with Crippen molar-refractivity contribution in [3.63, 3.8) is 0 Å². The molecule has 1 atom stereocenters. The van der Waals surface area contributed by atoms with Crippen LogP contribution in [0, 0.1) is 0 Å². The zero-order valence-corrected chi connectivity index (χ0v) is 25.1. The van der Waals surface area contributed by atoms with E-state index in [0.29, 0.717) is 28.5 Å². The minimum Gasteiger partial charge on any atom is -0.493 e. The van der Waals surface area contributed by atoms with Crippen LogP contribution in [0.3, 0.4) is 0 Å². The number of ether oxygens (including phenoxy) is 3. The number of nitrogens with zero attached hydrogens (tertiary/aromatic N) is 2. The van der Waals surface area contributed by atoms with Gasteiger partial charge in [-0.2, -0.15) is 4.37 Å². The molecule has 224 valence electrons. The third-order valence-corrected chi connectivity index (χ3v) is 8.31. The van der Waals surface area contributed by atoms with E-state index in [1.165, 1.54) is 26.2 Å². The SMILES string of the molecule is CCc1ccc(N(C(=O)c2snc(C(N)=O)c2N)[C@@H](C(=O)NC2CCCCC2)c2cc(OC)c(OC)c(OC)c2)cc1. The van der Waals surface area contributed by atoms with Gasteiger partial charge in [-0.05, 0) is 66.2 Å². The molecular weight excluding hydrogens is 558 g/mol. The Bertz CT molecular complexity index is 1410. The average Bonchev–Trinajstić information content (AvgIpc) is 3.40. The fourth-order valence-corrected chi connectivity index (χ4v) is 5.96. The maximum absolute atomic E-state index is 14.4. The molecule has 2 aromatic carbocycles. The molecule has 1 heterocycles. The van der Waals surface area contributed by atoms with E-state index in [1.54, 1.807) is 24.3 Å². The van der Waals surface area contributed by atoms with Crippen LogP contribution in [0.25, 0.3) is 0 Å². The molecule has 5 N–H and O–H groups in total. The lowest BCUT2D eigenvalue weighted by Crippen LogP contribution is -2.47. The van der Waals surface area contributed by atoms with Crippen molar-refractivity contribution in [2.45, 2.75) is 57.5 Å². The molecule has 0 bridgehead atoms. The standard InChI is InChI=1S/C30H37N5O6S/c1-5-17-11-13-20(14-12-17)35(30(38)27-23(31)24(28(32)36)34-42-27)25(29(37)33-19-9-7-6-8-10-19)18-15-21(39-2)26(41-4)22(16-18)40-3/h11-16,19,25H,5-10,31H2,1-4H3,(H2,32,36)(H,33,37)/t25-/m1/s1. The Hall–Kier alpha value is -4.32. The van der Waals surface area contributed by atoms with Gasteiger partial charge in [-0.1, -0.05) is 38.3 Å². The van der Waals surface area contributed by atoms with E-state index >= 15 is 0 Å². The van der Waals surface area contributed by atoms with E-state index in [-0.39, 0.29) is 28.2 Å². The van der Waals surface area contributed by atoms with Crippen molar-refractivity contribution in [1.82, 2.24) is 9.69 Å². The molecule has 1 aliphatic rings. The van der Waals surface area contributed by atoms with Crippen molar-refractivity contribution in [2.24, 2.45) is 5.73 Å².